The van der Waals surface area contributed by atoms with Gasteiger partial charge in [0, 0.05) is 12.6 Å². The van der Waals surface area contributed by atoms with Crippen molar-refractivity contribution >= 4 is 6.09 Å². The largest absolute Gasteiger partial charge is 0.445 e. The third kappa shape index (κ3) is 7.47. The van der Waals surface area contributed by atoms with E-state index in [0.29, 0.717) is 6.61 Å². The molecule has 0 spiro atoms. The third-order valence-electron chi connectivity index (χ3n) is 2.73. The molecule has 1 atom stereocenters. The average Bonchev–Trinajstić information content (AvgIpc) is 2.42. The molecule has 0 aromatic heterocycles. The molecule has 0 heterocycles. The minimum absolute atomic E-state index is 0.0696. The highest BCUT2D eigenvalue weighted by Crippen LogP contribution is 2.00. The molecular weight excluding hydrogens is 240 g/mol. The van der Waals surface area contributed by atoms with Gasteiger partial charge in [0.25, 0.3) is 0 Å². The van der Waals surface area contributed by atoms with Crippen LogP contribution < -0.4 is 10.6 Å². The van der Waals surface area contributed by atoms with E-state index in [4.69, 9.17) is 4.74 Å². The minimum Gasteiger partial charge on any atom is -0.445 e. The van der Waals surface area contributed by atoms with Gasteiger partial charge < -0.3 is 15.4 Å². The molecule has 0 saturated carbocycles. The molecular formula is C15H24N2O2. The number of ether oxygens (including phenoxy) is 1. The van der Waals surface area contributed by atoms with Gasteiger partial charge >= 0.3 is 6.09 Å². The summed E-state index contributed by atoms with van der Waals surface area (Å²) in [5.41, 5.74) is 0.992. The quantitative estimate of drug-likeness (QED) is 0.710. The van der Waals surface area contributed by atoms with Crippen LogP contribution in [0.15, 0.2) is 30.3 Å². The van der Waals surface area contributed by atoms with Gasteiger partial charge in [-0.3, -0.25) is 0 Å². The molecule has 0 unspecified atom stereocenters. The summed E-state index contributed by atoms with van der Waals surface area (Å²) in [4.78, 5) is 11.6. The molecule has 2 N–H and O–H groups in total. The smallest absolute Gasteiger partial charge is 0.407 e. The van der Waals surface area contributed by atoms with Crippen LogP contribution in [-0.4, -0.2) is 25.2 Å². The number of amides is 1. The Kier molecular flexibility index (Phi) is 7.66. The Labute approximate surface area is 115 Å². The van der Waals surface area contributed by atoms with E-state index in [1.807, 2.05) is 37.3 Å². The predicted molar refractivity (Wildman–Crippen MR) is 77.0 cm³/mol. The van der Waals surface area contributed by atoms with Crippen molar-refractivity contribution in [1.29, 1.82) is 0 Å². The first-order chi connectivity index (χ1) is 9.22. The molecule has 0 bridgehead atoms. The number of unbranched alkanes of at least 4 members (excludes halogenated alkanes) is 1. The van der Waals surface area contributed by atoms with Crippen LogP contribution in [-0.2, 0) is 11.3 Å². The Balaban J connectivity index is 2.13. The Morgan fingerprint density at radius 3 is 2.74 bits per heavy atom. The average molecular weight is 264 g/mol. The summed E-state index contributed by atoms with van der Waals surface area (Å²) in [5, 5.41) is 6.10. The summed E-state index contributed by atoms with van der Waals surface area (Å²) in [6.07, 6.45) is 1.97. The zero-order valence-corrected chi connectivity index (χ0v) is 11.8. The lowest BCUT2D eigenvalue weighted by molar-refractivity contribution is 0.136. The molecule has 4 heteroatoms. The van der Waals surface area contributed by atoms with Crippen LogP contribution in [0.5, 0.6) is 0 Å². The maximum atomic E-state index is 11.6. The van der Waals surface area contributed by atoms with Crippen molar-refractivity contribution in [2.24, 2.45) is 0 Å². The van der Waals surface area contributed by atoms with E-state index in [1.165, 1.54) is 6.42 Å². The molecule has 4 nitrogen and oxygen atoms in total. The minimum atomic E-state index is -0.367. The zero-order valence-electron chi connectivity index (χ0n) is 11.8. The molecule has 0 aliphatic heterocycles. The van der Waals surface area contributed by atoms with Gasteiger partial charge in [-0.25, -0.2) is 4.79 Å². The van der Waals surface area contributed by atoms with Gasteiger partial charge in [-0.05, 0) is 25.5 Å². The van der Waals surface area contributed by atoms with Gasteiger partial charge in [-0.1, -0.05) is 43.7 Å². The normalized spacial score (nSPS) is 11.9. The first-order valence-corrected chi connectivity index (χ1v) is 6.90. The van der Waals surface area contributed by atoms with Crippen LogP contribution in [0.4, 0.5) is 4.79 Å². The fraction of sp³-hybridized carbons (Fsp3) is 0.533. The molecule has 0 aliphatic carbocycles. The van der Waals surface area contributed by atoms with Crippen LogP contribution in [0.3, 0.4) is 0 Å². The van der Waals surface area contributed by atoms with E-state index < -0.39 is 0 Å². The summed E-state index contributed by atoms with van der Waals surface area (Å²) in [6, 6.07) is 9.73. The van der Waals surface area contributed by atoms with Gasteiger partial charge in [0.2, 0.25) is 0 Å². The van der Waals surface area contributed by atoms with Crippen molar-refractivity contribution in [3.05, 3.63) is 35.9 Å². The second-order valence-corrected chi connectivity index (χ2v) is 4.66. The molecule has 1 aromatic rings. The third-order valence-corrected chi connectivity index (χ3v) is 2.73. The molecule has 1 amide bonds. The number of hydrogen-bond donors (Lipinski definition) is 2. The first-order valence-electron chi connectivity index (χ1n) is 6.90. The number of rotatable bonds is 8. The van der Waals surface area contributed by atoms with Crippen molar-refractivity contribution in [2.45, 2.75) is 39.3 Å². The number of hydrogen-bond acceptors (Lipinski definition) is 3. The molecule has 19 heavy (non-hydrogen) atoms. The molecule has 1 aromatic carbocycles. The monoisotopic (exact) mass is 264 g/mol. The molecule has 106 valence electrons. The summed E-state index contributed by atoms with van der Waals surface area (Å²) in [7, 11) is 0. The summed E-state index contributed by atoms with van der Waals surface area (Å²) in [6.45, 7) is 6.18. The van der Waals surface area contributed by atoms with E-state index in [0.717, 1.165) is 25.1 Å². The second-order valence-electron chi connectivity index (χ2n) is 4.66. The molecule has 0 aliphatic rings. The molecule has 0 radical (unpaired) electrons. The van der Waals surface area contributed by atoms with Crippen molar-refractivity contribution in [3.63, 3.8) is 0 Å². The fourth-order valence-corrected chi connectivity index (χ4v) is 1.64. The number of benzene rings is 1. The summed E-state index contributed by atoms with van der Waals surface area (Å²) >= 11 is 0. The lowest BCUT2D eigenvalue weighted by Gasteiger charge is -2.14. The zero-order chi connectivity index (χ0) is 13.9. The van der Waals surface area contributed by atoms with Gasteiger partial charge in [0.05, 0.1) is 0 Å². The van der Waals surface area contributed by atoms with Crippen molar-refractivity contribution in [3.8, 4) is 0 Å². The maximum absolute atomic E-state index is 11.6. The van der Waals surface area contributed by atoms with Gasteiger partial charge in [-0.2, -0.15) is 0 Å². The maximum Gasteiger partial charge on any atom is 0.407 e. The standard InChI is InChI=1S/C15H24N2O2/c1-3-4-10-16-11-13(2)17-15(18)19-12-14-8-6-5-7-9-14/h5-9,13,16H,3-4,10-12H2,1-2H3,(H,17,18)/t13-/m1/s1. The highest BCUT2D eigenvalue weighted by atomic mass is 16.5. The van der Waals surface area contributed by atoms with Crippen LogP contribution in [0.25, 0.3) is 0 Å². The molecule has 0 saturated heterocycles. The summed E-state index contributed by atoms with van der Waals surface area (Å²) in [5.74, 6) is 0. The highest BCUT2D eigenvalue weighted by Gasteiger charge is 2.07. The van der Waals surface area contributed by atoms with Crippen molar-refractivity contribution in [2.75, 3.05) is 13.1 Å². The topological polar surface area (TPSA) is 50.4 Å². The Morgan fingerprint density at radius 1 is 1.32 bits per heavy atom. The highest BCUT2D eigenvalue weighted by molar-refractivity contribution is 5.67. The van der Waals surface area contributed by atoms with Crippen molar-refractivity contribution < 1.29 is 9.53 Å². The second kappa shape index (κ2) is 9.39. The molecule has 0 fully saturated rings. The van der Waals surface area contributed by atoms with Gasteiger partial charge in [0.1, 0.15) is 6.61 Å². The van der Waals surface area contributed by atoms with E-state index in [-0.39, 0.29) is 12.1 Å². The fourth-order valence-electron chi connectivity index (χ4n) is 1.64. The van der Waals surface area contributed by atoms with E-state index >= 15 is 0 Å². The van der Waals surface area contributed by atoms with E-state index in [2.05, 4.69) is 17.6 Å². The van der Waals surface area contributed by atoms with Crippen LogP contribution in [0, 0.1) is 0 Å². The Hall–Kier alpha value is -1.55. The van der Waals surface area contributed by atoms with Crippen molar-refractivity contribution in [1.82, 2.24) is 10.6 Å². The Morgan fingerprint density at radius 2 is 2.05 bits per heavy atom. The van der Waals surface area contributed by atoms with Crippen LogP contribution >= 0.6 is 0 Å². The predicted octanol–water partition coefficient (Wildman–Crippen LogP) is 2.69. The lowest BCUT2D eigenvalue weighted by Crippen LogP contribution is -2.40. The van der Waals surface area contributed by atoms with Gasteiger partial charge in [0.15, 0.2) is 0 Å². The van der Waals surface area contributed by atoms with Crippen LogP contribution in [0.2, 0.25) is 0 Å². The SMILES string of the molecule is CCCCNC[C@@H](C)NC(=O)OCc1ccccc1. The first kappa shape index (κ1) is 15.5. The number of carbonyl (C=O) groups excluding carboxylic acids is 1. The van der Waals surface area contributed by atoms with Crippen LogP contribution in [0.1, 0.15) is 32.3 Å². The molecule has 1 rings (SSSR count). The van der Waals surface area contributed by atoms with E-state index in [9.17, 15) is 4.79 Å². The number of carbonyl (C=O) groups is 1. The summed E-state index contributed by atoms with van der Waals surface area (Å²) < 4.78 is 5.15. The number of alkyl carbamates (subject to hydrolysis) is 1. The Bertz CT molecular complexity index is 354. The van der Waals surface area contributed by atoms with E-state index in [1.54, 1.807) is 0 Å². The number of nitrogens with one attached hydrogen (secondary N) is 2. The lowest BCUT2D eigenvalue weighted by atomic mass is 10.2. The van der Waals surface area contributed by atoms with Gasteiger partial charge in [-0.15, -0.1) is 0 Å².